The molecule has 3 rings (SSSR count). The Bertz CT molecular complexity index is 802. The van der Waals surface area contributed by atoms with Crippen molar-refractivity contribution < 1.29 is 10.2 Å². The van der Waals surface area contributed by atoms with Crippen LogP contribution in [0.5, 0.6) is 11.5 Å². The second kappa shape index (κ2) is 6.48. The van der Waals surface area contributed by atoms with E-state index >= 15 is 0 Å². The van der Waals surface area contributed by atoms with Gasteiger partial charge in [-0.15, -0.1) is 0 Å². The van der Waals surface area contributed by atoms with E-state index in [0.29, 0.717) is 11.1 Å². The normalized spacial score (nSPS) is 11.5. The number of hydrogen-bond acceptors (Lipinski definition) is 7. The minimum Gasteiger partial charge on any atom is -0.507 e. The topological polar surface area (TPSA) is 109 Å². The third kappa shape index (κ3) is 3.38. The number of aromatic nitrogens is 4. The van der Waals surface area contributed by atoms with Gasteiger partial charge in [-0.1, -0.05) is 34.2 Å². The van der Waals surface area contributed by atoms with E-state index in [1.165, 1.54) is 12.4 Å². The zero-order valence-corrected chi connectivity index (χ0v) is 11.9. The van der Waals surface area contributed by atoms with Crippen LogP contribution in [-0.2, 0) is 0 Å². The van der Waals surface area contributed by atoms with E-state index in [-0.39, 0.29) is 17.4 Å². The molecule has 0 spiro atoms. The first-order chi connectivity index (χ1) is 11.2. The summed E-state index contributed by atoms with van der Waals surface area (Å²) in [4.78, 5) is 5.21. The van der Waals surface area contributed by atoms with Crippen LogP contribution in [0.1, 0.15) is 11.1 Å². The lowest BCUT2D eigenvalue weighted by Crippen LogP contribution is -1.94. The smallest absolute Gasteiger partial charge is 0.291 e. The van der Waals surface area contributed by atoms with E-state index in [1.807, 2.05) is 0 Å². The van der Waals surface area contributed by atoms with Gasteiger partial charge < -0.3 is 10.2 Å². The van der Waals surface area contributed by atoms with Gasteiger partial charge in [-0.2, -0.15) is 5.10 Å². The van der Waals surface area contributed by atoms with Crippen LogP contribution in [0.3, 0.4) is 0 Å². The standard InChI is InChI=1S/C15H12N6O2/c22-13-7-3-1-5-11(13)9-16-15-18-19-20-21(15)17-10-12-6-2-4-8-14(12)23/h1-10,22-23H/b16-9?,17-10+. The minimum atomic E-state index is 0.101. The van der Waals surface area contributed by atoms with Crippen LogP contribution in [0.25, 0.3) is 0 Å². The van der Waals surface area contributed by atoms with Gasteiger partial charge in [-0.3, -0.25) is 0 Å². The number of para-hydroxylation sites is 2. The van der Waals surface area contributed by atoms with Crippen molar-refractivity contribution in [3.05, 3.63) is 59.7 Å². The first-order valence-corrected chi connectivity index (χ1v) is 6.67. The van der Waals surface area contributed by atoms with Crippen LogP contribution in [0.15, 0.2) is 58.6 Å². The lowest BCUT2D eigenvalue weighted by molar-refractivity contribution is 0.474. The summed E-state index contributed by atoms with van der Waals surface area (Å²) in [6.07, 6.45) is 2.86. The number of benzene rings is 2. The molecule has 0 unspecified atom stereocenters. The molecule has 0 aliphatic carbocycles. The van der Waals surface area contributed by atoms with E-state index in [9.17, 15) is 10.2 Å². The summed E-state index contributed by atoms with van der Waals surface area (Å²) < 4.78 is 0. The van der Waals surface area contributed by atoms with Crippen molar-refractivity contribution in [2.75, 3.05) is 0 Å². The van der Waals surface area contributed by atoms with Gasteiger partial charge in [-0.05, 0) is 34.7 Å². The highest BCUT2D eigenvalue weighted by Gasteiger charge is 2.03. The second-order valence-electron chi connectivity index (χ2n) is 4.49. The molecule has 8 heteroatoms. The molecular weight excluding hydrogens is 296 g/mol. The van der Waals surface area contributed by atoms with Gasteiger partial charge >= 0.3 is 0 Å². The number of tetrazole rings is 1. The highest BCUT2D eigenvalue weighted by molar-refractivity contribution is 5.85. The third-order valence-corrected chi connectivity index (χ3v) is 2.94. The van der Waals surface area contributed by atoms with Gasteiger partial charge in [0.25, 0.3) is 5.95 Å². The number of hydrogen-bond donors (Lipinski definition) is 2. The molecule has 0 atom stereocenters. The Balaban J connectivity index is 1.83. The molecule has 2 aromatic carbocycles. The van der Waals surface area contributed by atoms with Gasteiger partial charge in [-0.25, -0.2) is 4.99 Å². The maximum atomic E-state index is 9.68. The van der Waals surface area contributed by atoms with E-state index in [4.69, 9.17) is 0 Å². The quantitative estimate of drug-likeness (QED) is 0.713. The molecule has 0 aliphatic heterocycles. The van der Waals surface area contributed by atoms with Crippen LogP contribution < -0.4 is 0 Å². The monoisotopic (exact) mass is 308 g/mol. The molecule has 0 fully saturated rings. The third-order valence-electron chi connectivity index (χ3n) is 2.94. The Morgan fingerprint density at radius 2 is 1.48 bits per heavy atom. The lowest BCUT2D eigenvalue weighted by atomic mass is 10.2. The first-order valence-electron chi connectivity index (χ1n) is 6.67. The Kier molecular flexibility index (Phi) is 4.05. The Morgan fingerprint density at radius 1 is 0.870 bits per heavy atom. The summed E-state index contributed by atoms with van der Waals surface area (Å²) in [6, 6.07) is 13.5. The van der Waals surface area contributed by atoms with Crippen molar-refractivity contribution in [1.82, 2.24) is 20.3 Å². The van der Waals surface area contributed by atoms with E-state index in [0.717, 1.165) is 4.79 Å². The highest BCUT2D eigenvalue weighted by atomic mass is 16.3. The summed E-state index contributed by atoms with van der Waals surface area (Å²) in [5.74, 6) is 0.344. The number of nitrogens with zero attached hydrogens (tertiary/aromatic N) is 6. The van der Waals surface area contributed by atoms with Crippen molar-refractivity contribution in [3.63, 3.8) is 0 Å². The van der Waals surface area contributed by atoms with Crippen molar-refractivity contribution in [3.8, 4) is 11.5 Å². The van der Waals surface area contributed by atoms with Gasteiger partial charge in [0.2, 0.25) is 0 Å². The largest absolute Gasteiger partial charge is 0.507 e. The summed E-state index contributed by atoms with van der Waals surface area (Å²) in [5, 5.41) is 34.4. The molecule has 0 saturated carbocycles. The van der Waals surface area contributed by atoms with Crippen LogP contribution in [0.2, 0.25) is 0 Å². The first kappa shape index (κ1) is 14.4. The number of aliphatic imine (C=N–C) groups is 1. The Morgan fingerprint density at radius 3 is 2.13 bits per heavy atom. The number of aromatic hydroxyl groups is 2. The summed E-state index contributed by atoms with van der Waals surface area (Å²) >= 11 is 0. The maximum absolute atomic E-state index is 9.68. The minimum absolute atomic E-state index is 0.101. The molecule has 114 valence electrons. The molecule has 0 amide bonds. The highest BCUT2D eigenvalue weighted by Crippen LogP contribution is 2.15. The molecule has 0 bridgehead atoms. The van der Waals surface area contributed by atoms with Crippen molar-refractivity contribution in [2.24, 2.45) is 10.1 Å². The van der Waals surface area contributed by atoms with E-state index < -0.39 is 0 Å². The molecule has 1 aromatic heterocycles. The lowest BCUT2D eigenvalue weighted by Gasteiger charge is -1.97. The fraction of sp³-hybridized carbons (Fsp3) is 0. The van der Waals surface area contributed by atoms with Crippen LogP contribution in [0.4, 0.5) is 5.95 Å². The summed E-state index contributed by atoms with van der Waals surface area (Å²) in [5.41, 5.74) is 1.06. The van der Waals surface area contributed by atoms with Crippen LogP contribution in [0, 0.1) is 0 Å². The van der Waals surface area contributed by atoms with Crippen LogP contribution in [-0.4, -0.2) is 43.0 Å². The molecule has 1 heterocycles. The molecule has 0 aliphatic rings. The Hall–Kier alpha value is -3.55. The number of phenols is 2. The van der Waals surface area contributed by atoms with Crippen LogP contribution >= 0.6 is 0 Å². The van der Waals surface area contributed by atoms with Gasteiger partial charge in [0, 0.05) is 17.3 Å². The van der Waals surface area contributed by atoms with Gasteiger partial charge in [0.05, 0.1) is 6.21 Å². The molecular formula is C15H12N6O2. The fourth-order valence-electron chi connectivity index (χ4n) is 1.77. The van der Waals surface area contributed by atoms with Gasteiger partial charge in [0.1, 0.15) is 11.5 Å². The molecule has 0 saturated heterocycles. The van der Waals surface area contributed by atoms with Crippen molar-refractivity contribution in [1.29, 1.82) is 0 Å². The molecule has 23 heavy (non-hydrogen) atoms. The number of phenolic OH excluding ortho intramolecular Hbond substituents is 2. The molecule has 3 aromatic rings. The SMILES string of the molecule is Oc1ccccc1C=Nc1nnnn1/N=C/c1ccccc1O. The summed E-state index contributed by atoms with van der Waals surface area (Å²) in [6.45, 7) is 0. The van der Waals surface area contributed by atoms with Crippen molar-refractivity contribution in [2.45, 2.75) is 0 Å². The number of rotatable bonds is 4. The molecule has 2 N–H and O–H groups in total. The predicted octanol–water partition coefficient (Wildman–Crippen LogP) is 1.72. The maximum Gasteiger partial charge on any atom is 0.291 e. The summed E-state index contributed by atoms with van der Waals surface area (Å²) in [7, 11) is 0. The average Bonchev–Trinajstić information content (AvgIpc) is 3.01. The van der Waals surface area contributed by atoms with Gasteiger partial charge in [0.15, 0.2) is 0 Å². The Labute approximate surface area is 131 Å². The molecule has 8 nitrogen and oxygen atoms in total. The predicted molar refractivity (Wildman–Crippen MR) is 84.3 cm³/mol. The second-order valence-corrected chi connectivity index (χ2v) is 4.49. The van der Waals surface area contributed by atoms with E-state index in [1.54, 1.807) is 48.5 Å². The van der Waals surface area contributed by atoms with Crippen molar-refractivity contribution >= 4 is 18.4 Å². The zero-order chi connectivity index (χ0) is 16.1. The average molecular weight is 308 g/mol. The zero-order valence-electron chi connectivity index (χ0n) is 11.9. The molecule has 0 radical (unpaired) electrons. The fourth-order valence-corrected chi connectivity index (χ4v) is 1.77. The van der Waals surface area contributed by atoms with E-state index in [2.05, 4.69) is 25.6 Å².